The Labute approximate surface area is 216 Å². The van der Waals surface area contributed by atoms with Gasteiger partial charge in [0.1, 0.15) is 11.5 Å². The summed E-state index contributed by atoms with van der Waals surface area (Å²) >= 11 is 0. The van der Waals surface area contributed by atoms with Crippen molar-refractivity contribution in [2.45, 2.75) is 52.4 Å². The molecule has 0 N–H and O–H groups in total. The molecule has 0 unspecified atom stereocenters. The van der Waals surface area contributed by atoms with Crippen molar-refractivity contribution in [3.05, 3.63) is 96.1 Å². The van der Waals surface area contributed by atoms with Crippen LogP contribution >= 0.6 is 0 Å². The molecule has 4 aromatic rings. The van der Waals surface area contributed by atoms with Gasteiger partial charge in [-0.1, -0.05) is 87.8 Å². The quantitative estimate of drug-likeness (QED) is 0.159. The van der Waals surface area contributed by atoms with Crippen molar-refractivity contribution in [2.24, 2.45) is 0 Å². The van der Waals surface area contributed by atoms with E-state index < -0.39 is 0 Å². The zero-order valence-corrected chi connectivity index (χ0v) is 21.6. The molecule has 184 valence electrons. The molecule has 2 nitrogen and oxygen atoms in total. The first kappa shape index (κ1) is 25.4. The molecule has 36 heavy (non-hydrogen) atoms. The van der Waals surface area contributed by atoms with Gasteiger partial charge in [0.05, 0.1) is 13.2 Å². The number of ether oxygens (including phenoxy) is 2. The Hall–Kier alpha value is -3.70. The predicted molar refractivity (Wildman–Crippen MR) is 152 cm³/mol. The van der Waals surface area contributed by atoms with Crippen LogP contribution in [0.15, 0.2) is 84.9 Å². The predicted octanol–water partition coefficient (Wildman–Crippen LogP) is 9.04. The minimum absolute atomic E-state index is 0.767. The summed E-state index contributed by atoms with van der Waals surface area (Å²) in [6, 6.07) is 29.4. The third kappa shape index (κ3) is 7.40. The van der Waals surface area contributed by atoms with Crippen LogP contribution in [0.3, 0.4) is 0 Å². The van der Waals surface area contributed by atoms with Crippen LogP contribution in [0.1, 0.15) is 63.5 Å². The molecule has 4 rings (SSSR count). The Morgan fingerprint density at radius 3 is 1.81 bits per heavy atom. The first-order chi connectivity index (χ1) is 17.7. The summed E-state index contributed by atoms with van der Waals surface area (Å²) in [6.45, 7) is 5.96. The van der Waals surface area contributed by atoms with Gasteiger partial charge in [-0.2, -0.15) is 0 Å². The number of hydrogen-bond acceptors (Lipinski definition) is 2. The fourth-order valence-electron chi connectivity index (χ4n) is 4.08. The monoisotopic (exact) mass is 476 g/mol. The fraction of sp³-hybridized carbons (Fsp3) is 0.294. The van der Waals surface area contributed by atoms with E-state index in [0.29, 0.717) is 0 Å². The molecule has 0 radical (unpaired) electrons. The van der Waals surface area contributed by atoms with Crippen LogP contribution in [0.4, 0.5) is 0 Å². The van der Waals surface area contributed by atoms with Crippen LogP contribution in [-0.2, 0) is 0 Å². The third-order valence-corrected chi connectivity index (χ3v) is 6.27. The van der Waals surface area contributed by atoms with Crippen LogP contribution in [0, 0.1) is 11.8 Å². The Balaban J connectivity index is 1.36. The summed E-state index contributed by atoms with van der Waals surface area (Å²) in [5.74, 6) is 8.48. The fourth-order valence-corrected chi connectivity index (χ4v) is 4.08. The molecule has 0 aliphatic rings. The highest BCUT2D eigenvalue weighted by Gasteiger charge is 2.01. The molecule has 0 bridgehead atoms. The number of fused-ring (bicyclic) bond motifs is 1. The molecule has 0 saturated carbocycles. The molecule has 4 aromatic carbocycles. The maximum absolute atomic E-state index is 5.86. The van der Waals surface area contributed by atoms with E-state index in [0.717, 1.165) is 55.1 Å². The number of hydrogen-bond donors (Lipinski definition) is 0. The molecule has 2 heteroatoms. The van der Waals surface area contributed by atoms with Crippen molar-refractivity contribution in [3.63, 3.8) is 0 Å². The van der Waals surface area contributed by atoms with Gasteiger partial charge in [0.2, 0.25) is 0 Å². The third-order valence-electron chi connectivity index (χ3n) is 6.27. The average molecular weight is 477 g/mol. The highest BCUT2D eigenvalue weighted by molar-refractivity contribution is 5.85. The van der Waals surface area contributed by atoms with E-state index in [9.17, 15) is 0 Å². The smallest absolute Gasteiger partial charge is 0.119 e. The molecular formula is C34H36O2. The minimum Gasteiger partial charge on any atom is -0.494 e. The van der Waals surface area contributed by atoms with Gasteiger partial charge in [-0.05, 0) is 83.3 Å². The Kier molecular flexibility index (Phi) is 9.46. The maximum atomic E-state index is 5.86. The number of unbranched alkanes of at least 4 members (excludes halogenated alkanes) is 4. The standard InChI is InChI=1S/C34H36O2/c1-3-5-7-8-24-35-33-20-17-30(18-21-33)29-14-11-27(12-15-29)9-10-28-13-16-32-26-34(36-23-6-4-2)22-19-31(32)25-28/h11-22,25-26H,3-8,23-24H2,1-2H3. The largest absolute Gasteiger partial charge is 0.494 e. The van der Waals surface area contributed by atoms with E-state index in [4.69, 9.17) is 9.47 Å². The second kappa shape index (κ2) is 13.4. The van der Waals surface area contributed by atoms with Crippen LogP contribution in [-0.4, -0.2) is 13.2 Å². The van der Waals surface area contributed by atoms with Gasteiger partial charge < -0.3 is 9.47 Å². The van der Waals surface area contributed by atoms with Gasteiger partial charge in [-0.25, -0.2) is 0 Å². The van der Waals surface area contributed by atoms with E-state index in [1.165, 1.54) is 41.2 Å². The van der Waals surface area contributed by atoms with Gasteiger partial charge in [0.15, 0.2) is 0 Å². The van der Waals surface area contributed by atoms with Crippen LogP contribution in [0.2, 0.25) is 0 Å². The second-order valence-corrected chi connectivity index (χ2v) is 9.19. The van der Waals surface area contributed by atoms with Crippen LogP contribution in [0.5, 0.6) is 11.5 Å². The first-order valence-electron chi connectivity index (χ1n) is 13.3. The maximum Gasteiger partial charge on any atom is 0.119 e. The molecule has 0 aromatic heterocycles. The normalized spacial score (nSPS) is 10.6. The highest BCUT2D eigenvalue weighted by atomic mass is 16.5. The summed E-state index contributed by atoms with van der Waals surface area (Å²) in [5.41, 5.74) is 4.38. The van der Waals surface area contributed by atoms with Gasteiger partial charge >= 0.3 is 0 Å². The number of rotatable bonds is 11. The Morgan fingerprint density at radius 1 is 0.500 bits per heavy atom. The van der Waals surface area contributed by atoms with Gasteiger partial charge in [0.25, 0.3) is 0 Å². The lowest BCUT2D eigenvalue weighted by molar-refractivity contribution is 0.305. The van der Waals surface area contributed by atoms with E-state index in [2.05, 4.69) is 105 Å². The van der Waals surface area contributed by atoms with Crippen molar-refractivity contribution in [1.29, 1.82) is 0 Å². The molecule has 0 saturated heterocycles. The molecule has 0 atom stereocenters. The van der Waals surface area contributed by atoms with Gasteiger partial charge in [-0.3, -0.25) is 0 Å². The molecule has 0 aliphatic heterocycles. The SMILES string of the molecule is CCCCCCOc1ccc(-c2ccc(C#Cc3ccc4cc(OCCCC)ccc4c3)cc2)cc1. The molecule has 0 heterocycles. The molecule has 0 aliphatic carbocycles. The summed E-state index contributed by atoms with van der Waals surface area (Å²) < 4.78 is 11.7. The van der Waals surface area contributed by atoms with E-state index in [1.54, 1.807) is 0 Å². The van der Waals surface area contributed by atoms with Crippen molar-refractivity contribution in [1.82, 2.24) is 0 Å². The van der Waals surface area contributed by atoms with Gasteiger partial charge in [0, 0.05) is 11.1 Å². The summed E-state index contributed by atoms with van der Waals surface area (Å²) in [7, 11) is 0. The summed E-state index contributed by atoms with van der Waals surface area (Å²) in [4.78, 5) is 0. The summed E-state index contributed by atoms with van der Waals surface area (Å²) in [5, 5.41) is 2.35. The van der Waals surface area contributed by atoms with E-state index in [1.807, 2.05) is 6.07 Å². The molecule has 0 fully saturated rings. The number of benzene rings is 4. The van der Waals surface area contributed by atoms with Crippen molar-refractivity contribution < 1.29 is 9.47 Å². The van der Waals surface area contributed by atoms with Crippen molar-refractivity contribution >= 4 is 10.8 Å². The molecule has 0 amide bonds. The minimum atomic E-state index is 0.767. The topological polar surface area (TPSA) is 18.5 Å². The van der Waals surface area contributed by atoms with Crippen LogP contribution in [0.25, 0.3) is 21.9 Å². The molecule has 0 spiro atoms. The Bertz CT molecular complexity index is 1290. The second-order valence-electron chi connectivity index (χ2n) is 9.19. The zero-order chi connectivity index (χ0) is 25.0. The highest BCUT2D eigenvalue weighted by Crippen LogP contribution is 2.24. The lowest BCUT2D eigenvalue weighted by Crippen LogP contribution is -1.96. The lowest BCUT2D eigenvalue weighted by atomic mass is 10.0. The lowest BCUT2D eigenvalue weighted by Gasteiger charge is -2.07. The first-order valence-corrected chi connectivity index (χ1v) is 13.3. The summed E-state index contributed by atoms with van der Waals surface area (Å²) in [6.07, 6.45) is 7.10. The van der Waals surface area contributed by atoms with Crippen LogP contribution < -0.4 is 9.47 Å². The van der Waals surface area contributed by atoms with Gasteiger partial charge in [-0.15, -0.1) is 0 Å². The zero-order valence-electron chi connectivity index (χ0n) is 21.6. The average Bonchev–Trinajstić information content (AvgIpc) is 2.92. The van der Waals surface area contributed by atoms with E-state index >= 15 is 0 Å². The van der Waals surface area contributed by atoms with Crippen molar-refractivity contribution in [2.75, 3.05) is 13.2 Å². The van der Waals surface area contributed by atoms with E-state index in [-0.39, 0.29) is 0 Å². The van der Waals surface area contributed by atoms with Crippen molar-refractivity contribution in [3.8, 4) is 34.5 Å². The Morgan fingerprint density at radius 2 is 1.06 bits per heavy atom. The molecular weight excluding hydrogens is 440 g/mol.